The fourth-order valence-electron chi connectivity index (χ4n) is 3.51. The molecule has 2 aromatic heterocycles. The summed E-state index contributed by atoms with van der Waals surface area (Å²) < 4.78 is 7.51. The molecule has 0 N–H and O–H groups in total. The van der Waals surface area contributed by atoms with Gasteiger partial charge in [-0.3, -0.25) is 4.79 Å². The van der Waals surface area contributed by atoms with Crippen molar-refractivity contribution in [3.8, 4) is 5.75 Å². The van der Waals surface area contributed by atoms with E-state index in [1.807, 2.05) is 82.7 Å². The lowest BCUT2D eigenvalue weighted by Gasteiger charge is -2.23. The van der Waals surface area contributed by atoms with Crippen molar-refractivity contribution in [1.29, 1.82) is 0 Å². The highest BCUT2D eigenvalue weighted by Crippen LogP contribution is 2.26. The molecule has 0 unspecified atom stereocenters. The number of hydrogen-bond acceptors (Lipinski definition) is 3. The van der Waals surface area contributed by atoms with Gasteiger partial charge in [0.25, 0.3) is 5.91 Å². The largest absolute Gasteiger partial charge is 0.496 e. The first-order valence-electron chi connectivity index (χ1n) is 9.15. The highest BCUT2D eigenvalue weighted by Gasteiger charge is 2.22. The molecule has 0 aliphatic carbocycles. The molecule has 0 saturated heterocycles. The zero-order chi connectivity index (χ0) is 19.5. The van der Waals surface area contributed by atoms with Gasteiger partial charge in [0, 0.05) is 34.6 Å². The van der Waals surface area contributed by atoms with E-state index in [4.69, 9.17) is 4.74 Å². The smallest absolute Gasteiger partial charge is 0.256 e. The number of aromatic nitrogens is 1. The van der Waals surface area contributed by atoms with Crippen LogP contribution in [-0.4, -0.2) is 22.5 Å². The summed E-state index contributed by atoms with van der Waals surface area (Å²) in [7, 11) is 3.64. The molecular formula is C23H22N2O2S. The van der Waals surface area contributed by atoms with Gasteiger partial charge in [-0.25, -0.2) is 0 Å². The topological polar surface area (TPSA) is 34.5 Å². The number of rotatable bonds is 6. The van der Waals surface area contributed by atoms with Gasteiger partial charge in [0.05, 0.1) is 25.8 Å². The maximum atomic E-state index is 13.6. The Hall–Kier alpha value is -3.05. The van der Waals surface area contributed by atoms with E-state index in [1.165, 1.54) is 0 Å². The summed E-state index contributed by atoms with van der Waals surface area (Å²) in [6.07, 6.45) is 1.93. The Morgan fingerprint density at radius 2 is 1.82 bits per heavy atom. The molecule has 0 spiro atoms. The van der Waals surface area contributed by atoms with Crippen LogP contribution in [0.25, 0.3) is 10.9 Å². The molecule has 4 nitrogen and oxygen atoms in total. The van der Waals surface area contributed by atoms with Crippen LogP contribution in [0.1, 0.15) is 20.8 Å². The number of aryl methyl sites for hydroxylation is 1. The van der Waals surface area contributed by atoms with Gasteiger partial charge >= 0.3 is 0 Å². The average Bonchev–Trinajstić information content (AvgIpc) is 3.35. The Bertz CT molecular complexity index is 1100. The number of methoxy groups -OCH3 is 1. The molecule has 0 aliphatic heterocycles. The Morgan fingerprint density at radius 3 is 2.61 bits per heavy atom. The number of ether oxygens (including phenoxy) is 1. The molecule has 4 aromatic rings. The third-order valence-electron chi connectivity index (χ3n) is 4.90. The number of amides is 1. The van der Waals surface area contributed by atoms with Gasteiger partial charge in [-0.1, -0.05) is 42.5 Å². The Labute approximate surface area is 168 Å². The lowest BCUT2D eigenvalue weighted by Crippen LogP contribution is -2.30. The summed E-state index contributed by atoms with van der Waals surface area (Å²) in [5.74, 6) is 0.820. The Balaban J connectivity index is 1.72. The highest BCUT2D eigenvalue weighted by atomic mass is 32.1. The van der Waals surface area contributed by atoms with E-state index in [-0.39, 0.29) is 5.91 Å². The van der Waals surface area contributed by atoms with Crippen molar-refractivity contribution in [2.45, 2.75) is 13.1 Å². The van der Waals surface area contributed by atoms with Gasteiger partial charge in [-0.05, 0) is 23.6 Å². The van der Waals surface area contributed by atoms with E-state index < -0.39 is 0 Å². The van der Waals surface area contributed by atoms with Crippen molar-refractivity contribution in [3.05, 3.63) is 88.2 Å². The van der Waals surface area contributed by atoms with E-state index >= 15 is 0 Å². The number of carbonyl (C=O) groups excluding carboxylic acids is 1. The zero-order valence-corrected chi connectivity index (χ0v) is 16.8. The SMILES string of the molecule is COc1ccccc1CN(Cc1cccs1)C(=O)c1cn(C)c2ccccc12. The van der Waals surface area contributed by atoms with Crippen molar-refractivity contribution in [3.63, 3.8) is 0 Å². The third-order valence-corrected chi connectivity index (χ3v) is 5.76. The number of nitrogens with zero attached hydrogens (tertiary/aromatic N) is 2. The van der Waals surface area contributed by atoms with Crippen molar-refractivity contribution in [2.24, 2.45) is 7.05 Å². The lowest BCUT2D eigenvalue weighted by atomic mass is 10.1. The van der Waals surface area contributed by atoms with Crippen LogP contribution in [-0.2, 0) is 20.1 Å². The fraction of sp³-hybridized carbons (Fsp3) is 0.174. The molecule has 28 heavy (non-hydrogen) atoms. The van der Waals surface area contributed by atoms with Crippen LogP contribution in [0.15, 0.2) is 72.2 Å². The summed E-state index contributed by atoms with van der Waals surface area (Å²) in [4.78, 5) is 16.6. The molecule has 4 rings (SSSR count). The second-order valence-electron chi connectivity index (χ2n) is 6.72. The lowest BCUT2D eigenvalue weighted by molar-refractivity contribution is 0.0732. The molecule has 142 valence electrons. The molecule has 0 atom stereocenters. The van der Waals surface area contributed by atoms with E-state index in [1.54, 1.807) is 18.4 Å². The summed E-state index contributed by atoms with van der Waals surface area (Å²) >= 11 is 1.66. The highest BCUT2D eigenvalue weighted by molar-refractivity contribution is 7.09. The van der Waals surface area contributed by atoms with Gasteiger partial charge in [0.1, 0.15) is 5.75 Å². The standard InChI is InChI=1S/C23H22N2O2S/c1-24-16-20(19-10-4-5-11-21(19)24)23(26)25(15-18-9-7-13-28-18)14-17-8-3-6-12-22(17)27-2/h3-13,16H,14-15H2,1-2H3. The van der Waals surface area contributed by atoms with Crippen LogP contribution in [0, 0.1) is 0 Å². The monoisotopic (exact) mass is 390 g/mol. The van der Waals surface area contributed by atoms with Crippen molar-refractivity contribution in [1.82, 2.24) is 9.47 Å². The Kier molecular flexibility index (Phi) is 5.17. The minimum atomic E-state index is 0.0242. The summed E-state index contributed by atoms with van der Waals surface area (Å²) in [5, 5.41) is 3.02. The van der Waals surface area contributed by atoms with Gasteiger partial charge in [0.15, 0.2) is 0 Å². The number of carbonyl (C=O) groups is 1. The van der Waals surface area contributed by atoms with Gasteiger partial charge < -0.3 is 14.2 Å². The molecule has 0 bridgehead atoms. The summed E-state index contributed by atoms with van der Waals surface area (Å²) in [6.45, 7) is 1.06. The first-order chi connectivity index (χ1) is 13.7. The third kappa shape index (κ3) is 3.53. The van der Waals surface area contributed by atoms with Crippen LogP contribution >= 0.6 is 11.3 Å². The van der Waals surface area contributed by atoms with Gasteiger partial charge in [-0.2, -0.15) is 0 Å². The summed E-state index contributed by atoms with van der Waals surface area (Å²) in [6, 6.07) is 20.0. The average molecular weight is 391 g/mol. The molecule has 2 aromatic carbocycles. The first-order valence-corrected chi connectivity index (χ1v) is 10.0. The Morgan fingerprint density at radius 1 is 1.04 bits per heavy atom. The van der Waals surface area contributed by atoms with Gasteiger partial charge in [0.2, 0.25) is 0 Å². The van der Waals surface area contributed by atoms with Crippen LogP contribution in [0.2, 0.25) is 0 Å². The fourth-order valence-corrected chi connectivity index (χ4v) is 4.23. The molecule has 1 amide bonds. The van der Waals surface area contributed by atoms with E-state index in [0.717, 1.165) is 32.7 Å². The normalized spacial score (nSPS) is 10.9. The number of fused-ring (bicyclic) bond motifs is 1. The minimum Gasteiger partial charge on any atom is -0.496 e. The maximum absolute atomic E-state index is 13.6. The molecule has 2 heterocycles. The van der Waals surface area contributed by atoms with E-state index in [0.29, 0.717) is 13.1 Å². The molecule has 0 radical (unpaired) electrons. The predicted molar refractivity (Wildman–Crippen MR) is 114 cm³/mol. The number of hydrogen-bond donors (Lipinski definition) is 0. The predicted octanol–water partition coefficient (Wildman–Crippen LogP) is 5.09. The molecular weight excluding hydrogens is 368 g/mol. The molecule has 0 fully saturated rings. The maximum Gasteiger partial charge on any atom is 0.256 e. The van der Waals surface area contributed by atoms with E-state index in [9.17, 15) is 4.79 Å². The number of benzene rings is 2. The molecule has 0 aliphatic rings. The van der Waals surface area contributed by atoms with Crippen LogP contribution in [0.4, 0.5) is 0 Å². The van der Waals surface area contributed by atoms with Gasteiger partial charge in [-0.15, -0.1) is 11.3 Å². The first kappa shape index (κ1) is 18.3. The molecule has 0 saturated carbocycles. The zero-order valence-electron chi connectivity index (χ0n) is 16.0. The summed E-state index contributed by atoms with van der Waals surface area (Å²) in [5.41, 5.74) is 2.78. The van der Waals surface area contributed by atoms with Crippen molar-refractivity contribution < 1.29 is 9.53 Å². The van der Waals surface area contributed by atoms with Crippen LogP contribution < -0.4 is 4.74 Å². The van der Waals surface area contributed by atoms with E-state index in [2.05, 4.69) is 6.07 Å². The van der Waals surface area contributed by atoms with Crippen molar-refractivity contribution >= 4 is 28.1 Å². The number of thiophene rings is 1. The van der Waals surface area contributed by atoms with Crippen LogP contribution in [0.5, 0.6) is 5.75 Å². The minimum absolute atomic E-state index is 0.0242. The quantitative estimate of drug-likeness (QED) is 0.459. The number of para-hydroxylation sites is 2. The second-order valence-corrected chi connectivity index (χ2v) is 7.76. The van der Waals surface area contributed by atoms with Crippen molar-refractivity contribution in [2.75, 3.05) is 7.11 Å². The molecule has 5 heteroatoms. The second kappa shape index (κ2) is 7.90. The van der Waals surface area contributed by atoms with Crippen LogP contribution in [0.3, 0.4) is 0 Å².